The van der Waals surface area contributed by atoms with Crippen LogP contribution in [-0.4, -0.2) is 39.8 Å². The van der Waals surface area contributed by atoms with E-state index in [4.69, 9.17) is 37.7 Å². The molecule has 0 bridgehead atoms. The van der Waals surface area contributed by atoms with Crippen molar-refractivity contribution < 1.29 is 18.6 Å². The predicted octanol–water partition coefficient (Wildman–Crippen LogP) is 1.99. The monoisotopic (exact) mass is 355 g/mol. The molecule has 0 atom stereocenters. The zero-order valence-corrected chi connectivity index (χ0v) is 13.3. The number of ether oxygens (including phenoxy) is 2. The summed E-state index contributed by atoms with van der Waals surface area (Å²) >= 11 is 10.4. The first-order chi connectivity index (χ1) is 9.90. The van der Waals surface area contributed by atoms with E-state index in [1.807, 2.05) is 0 Å². The van der Waals surface area contributed by atoms with Gasteiger partial charge in [-0.25, -0.2) is 4.98 Å². The van der Waals surface area contributed by atoms with Gasteiger partial charge in [0.15, 0.2) is 11.2 Å². The molecule has 2 aromatic rings. The van der Waals surface area contributed by atoms with E-state index in [9.17, 15) is 4.57 Å². The third-order valence-electron chi connectivity index (χ3n) is 2.34. The Morgan fingerprint density at radius 2 is 2.14 bits per heavy atom. The Bertz CT molecular complexity index is 675. The van der Waals surface area contributed by atoms with Crippen LogP contribution in [0.2, 0.25) is 0 Å². The molecule has 9 nitrogen and oxygen atoms in total. The van der Waals surface area contributed by atoms with E-state index in [1.54, 1.807) is 4.57 Å². The quantitative estimate of drug-likeness (QED) is 0.592. The van der Waals surface area contributed by atoms with Crippen LogP contribution in [0.1, 0.15) is 0 Å². The molecule has 2 aromatic heterocycles. The SMILES string of the molecule is COc1nc(N)nc2c1ncn2COCCOP(=O)(Cl)Cl. The highest BCUT2D eigenvalue weighted by Crippen LogP contribution is 2.57. The van der Waals surface area contributed by atoms with E-state index in [0.717, 1.165) is 0 Å². The lowest BCUT2D eigenvalue weighted by Crippen LogP contribution is -2.07. The third kappa shape index (κ3) is 4.42. The molecule has 2 N–H and O–H groups in total. The van der Waals surface area contributed by atoms with Crippen LogP contribution >= 0.6 is 28.6 Å². The molecule has 2 rings (SSSR count). The maximum Gasteiger partial charge on any atom is 0.380 e. The molecule has 0 saturated carbocycles. The Labute approximate surface area is 129 Å². The van der Waals surface area contributed by atoms with Gasteiger partial charge >= 0.3 is 6.07 Å². The van der Waals surface area contributed by atoms with Gasteiger partial charge in [0, 0.05) is 0 Å². The van der Waals surface area contributed by atoms with Gasteiger partial charge < -0.3 is 19.7 Å². The zero-order chi connectivity index (χ0) is 15.5. The van der Waals surface area contributed by atoms with Gasteiger partial charge in [-0.2, -0.15) is 9.97 Å². The van der Waals surface area contributed by atoms with Crippen molar-refractivity contribution in [3.05, 3.63) is 6.33 Å². The fraction of sp³-hybridized carbons (Fsp3) is 0.444. The number of aromatic nitrogens is 4. The number of nitrogens with zero attached hydrogens (tertiary/aromatic N) is 4. The van der Waals surface area contributed by atoms with E-state index < -0.39 is 6.07 Å². The number of halogens is 2. The number of nitrogens with two attached hydrogens (primary N) is 1. The molecule has 12 heteroatoms. The second-order valence-electron chi connectivity index (χ2n) is 3.76. The predicted molar refractivity (Wildman–Crippen MR) is 77.5 cm³/mol. The maximum atomic E-state index is 10.9. The summed E-state index contributed by atoms with van der Waals surface area (Å²) in [5.41, 5.74) is 6.53. The highest BCUT2D eigenvalue weighted by Gasteiger charge is 2.14. The largest absolute Gasteiger partial charge is 0.479 e. The second-order valence-corrected chi connectivity index (χ2v) is 8.04. The fourth-order valence-corrected chi connectivity index (χ4v) is 2.24. The molecule has 0 saturated heterocycles. The van der Waals surface area contributed by atoms with Crippen molar-refractivity contribution in [2.75, 3.05) is 26.1 Å². The fourth-order valence-electron chi connectivity index (χ4n) is 1.54. The van der Waals surface area contributed by atoms with Gasteiger partial charge in [0.2, 0.25) is 11.8 Å². The van der Waals surface area contributed by atoms with Gasteiger partial charge in [-0.15, -0.1) is 0 Å². The lowest BCUT2D eigenvalue weighted by molar-refractivity contribution is 0.0577. The molecule has 0 fully saturated rings. The number of fused-ring (bicyclic) bond motifs is 1. The van der Waals surface area contributed by atoms with Gasteiger partial charge in [0.1, 0.15) is 6.73 Å². The number of imidazole rings is 1. The first kappa shape index (κ1) is 16.3. The van der Waals surface area contributed by atoms with Crippen LogP contribution in [0.3, 0.4) is 0 Å². The third-order valence-corrected chi connectivity index (χ3v) is 3.41. The molecule has 2 heterocycles. The van der Waals surface area contributed by atoms with Crippen LogP contribution in [0.5, 0.6) is 5.88 Å². The van der Waals surface area contributed by atoms with Gasteiger partial charge in [-0.1, -0.05) is 0 Å². The van der Waals surface area contributed by atoms with Crippen LogP contribution in [-0.2, 0) is 20.6 Å². The molecule has 21 heavy (non-hydrogen) atoms. The molecule has 0 aliphatic rings. The Morgan fingerprint density at radius 3 is 2.81 bits per heavy atom. The van der Waals surface area contributed by atoms with Crippen LogP contribution in [0.25, 0.3) is 11.2 Å². The van der Waals surface area contributed by atoms with Gasteiger partial charge in [-0.05, 0) is 22.5 Å². The normalized spacial score (nSPS) is 12.0. The average Bonchev–Trinajstić information content (AvgIpc) is 2.79. The van der Waals surface area contributed by atoms with Crippen LogP contribution in [0.15, 0.2) is 6.33 Å². The summed E-state index contributed by atoms with van der Waals surface area (Å²) in [7, 11) is 1.46. The van der Waals surface area contributed by atoms with E-state index >= 15 is 0 Å². The molecule has 0 radical (unpaired) electrons. The van der Waals surface area contributed by atoms with Gasteiger partial charge in [0.05, 0.1) is 26.7 Å². The van der Waals surface area contributed by atoms with Crippen molar-refractivity contribution in [2.24, 2.45) is 0 Å². The zero-order valence-electron chi connectivity index (χ0n) is 10.9. The van der Waals surface area contributed by atoms with Gasteiger partial charge in [-0.3, -0.25) is 9.13 Å². The molecular weight excluding hydrogens is 344 g/mol. The Balaban J connectivity index is 2.00. The first-order valence-electron chi connectivity index (χ1n) is 5.64. The van der Waals surface area contributed by atoms with Crippen molar-refractivity contribution >= 4 is 45.7 Å². The van der Waals surface area contributed by atoms with E-state index in [0.29, 0.717) is 11.2 Å². The van der Waals surface area contributed by atoms with Crippen LogP contribution in [0.4, 0.5) is 5.95 Å². The molecule has 0 aliphatic carbocycles. The van der Waals surface area contributed by atoms with Crippen molar-refractivity contribution in [2.45, 2.75) is 6.73 Å². The minimum absolute atomic E-state index is 0.00263. The summed E-state index contributed by atoms with van der Waals surface area (Å²) in [5, 5.41) is 0. The highest BCUT2D eigenvalue weighted by molar-refractivity contribution is 8.05. The number of hydrogen-bond donors (Lipinski definition) is 1. The standard InChI is InChI=1S/C9H12Cl2N5O4P/c1-18-8-6-7(14-9(12)15-8)16(4-13-6)5-19-2-3-20-21(10,11)17/h4H,2-3,5H2,1H3,(H2,12,14,15). The summed E-state index contributed by atoms with van der Waals surface area (Å²) in [5.74, 6) is 0.347. The van der Waals surface area contributed by atoms with Crippen LogP contribution in [0, 0.1) is 0 Å². The molecule has 0 aliphatic heterocycles. The lowest BCUT2D eigenvalue weighted by atomic mass is 10.5. The van der Waals surface area contributed by atoms with Gasteiger partial charge in [0.25, 0.3) is 0 Å². The number of anilines is 1. The highest BCUT2D eigenvalue weighted by atomic mass is 35.9. The number of nitrogen functional groups attached to an aromatic ring is 1. The summed E-state index contributed by atoms with van der Waals surface area (Å²) in [4.78, 5) is 12.1. The maximum absolute atomic E-state index is 10.9. The average molecular weight is 356 g/mol. The summed E-state index contributed by atoms with van der Waals surface area (Å²) in [6.45, 7) is 0.270. The topological polar surface area (TPSA) is 114 Å². The second kappa shape index (κ2) is 6.76. The number of hydrogen-bond acceptors (Lipinski definition) is 8. The van der Waals surface area contributed by atoms with E-state index in [1.165, 1.54) is 13.4 Å². The molecule has 0 aromatic carbocycles. The molecule has 0 spiro atoms. The van der Waals surface area contributed by atoms with Crippen molar-refractivity contribution in [1.29, 1.82) is 0 Å². The Kier molecular flexibility index (Phi) is 5.23. The summed E-state index contributed by atoms with van der Waals surface area (Å²) in [6.07, 6.45) is -2.02. The Morgan fingerprint density at radius 1 is 1.38 bits per heavy atom. The molecular formula is C9H12Cl2N5O4P. The molecule has 116 valence electrons. The minimum atomic E-state index is -3.53. The summed E-state index contributed by atoms with van der Waals surface area (Å²) < 4.78 is 27.5. The van der Waals surface area contributed by atoms with Crippen molar-refractivity contribution in [1.82, 2.24) is 19.5 Å². The molecule has 0 amide bonds. The number of rotatable bonds is 7. The lowest BCUT2D eigenvalue weighted by Gasteiger charge is -2.07. The minimum Gasteiger partial charge on any atom is -0.479 e. The van der Waals surface area contributed by atoms with Crippen LogP contribution < -0.4 is 10.5 Å². The van der Waals surface area contributed by atoms with E-state index in [2.05, 4.69) is 19.5 Å². The Hall–Kier alpha value is -1.12. The number of methoxy groups -OCH3 is 1. The van der Waals surface area contributed by atoms with Crippen molar-refractivity contribution in [3.63, 3.8) is 0 Å². The first-order valence-corrected chi connectivity index (χ1v) is 9.08. The van der Waals surface area contributed by atoms with E-state index in [-0.39, 0.29) is 31.8 Å². The molecule has 0 unspecified atom stereocenters. The van der Waals surface area contributed by atoms with Crippen molar-refractivity contribution in [3.8, 4) is 5.88 Å². The summed E-state index contributed by atoms with van der Waals surface area (Å²) in [6, 6.07) is 0. The smallest absolute Gasteiger partial charge is 0.380 e.